The molecule has 0 fully saturated rings. The molecule has 8 nitrogen and oxygen atoms in total. The number of ether oxygens (including phenoxy) is 1. The Hall–Kier alpha value is -3.85. The molecule has 0 radical (unpaired) electrons. The molecule has 9 heteroatoms. The van der Waals surface area contributed by atoms with Gasteiger partial charge < -0.3 is 15.0 Å². The molecule has 0 saturated heterocycles. The van der Waals surface area contributed by atoms with Crippen molar-refractivity contribution < 1.29 is 22.7 Å². The fourth-order valence-electron chi connectivity index (χ4n) is 3.68. The summed E-state index contributed by atoms with van der Waals surface area (Å²) in [5.41, 5.74) is 2.15. The average Bonchev–Trinajstić information content (AvgIpc) is 2.86. The van der Waals surface area contributed by atoms with E-state index in [9.17, 15) is 18.0 Å². The minimum Gasteiger partial charge on any atom is -0.457 e. The highest BCUT2D eigenvalue weighted by Gasteiger charge is 2.30. The number of nitrogens with zero attached hydrogens (tertiary/aromatic N) is 2. The van der Waals surface area contributed by atoms with Gasteiger partial charge in [-0.05, 0) is 61.4 Å². The maximum atomic E-state index is 13.5. The lowest BCUT2D eigenvalue weighted by Gasteiger charge is -2.31. The smallest absolute Gasteiger partial charge is 0.244 e. The molecule has 1 N–H and O–H groups in total. The second kappa shape index (κ2) is 11.7. The number of anilines is 1. The van der Waals surface area contributed by atoms with Gasteiger partial charge in [0.25, 0.3) is 0 Å². The minimum absolute atomic E-state index is 0.168. The van der Waals surface area contributed by atoms with Gasteiger partial charge in [-0.15, -0.1) is 0 Å². The van der Waals surface area contributed by atoms with E-state index >= 15 is 0 Å². The van der Waals surface area contributed by atoms with Crippen molar-refractivity contribution >= 4 is 27.5 Å². The molecule has 0 aliphatic heterocycles. The first kappa shape index (κ1) is 26.7. The number of hydrogen-bond donors (Lipinski definition) is 1. The molecule has 190 valence electrons. The van der Waals surface area contributed by atoms with Crippen molar-refractivity contribution in [3.05, 3.63) is 90.0 Å². The highest BCUT2D eigenvalue weighted by atomic mass is 32.2. The number of nitrogens with one attached hydrogen (secondary N) is 1. The number of sulfonamides is 1. The van der Waals surface area contributed by atoms with Crippen LogP contribution in [0, 0.1) is 6.92 Å². The van der Waals surface area contributed by atoms with Crippen molar-refractivity contribution in [2.45, 2.75) is 26.4 Å². The zero-order valence-electron chi connectivity index (χ0n) is 20.8. The van der Waals surface area contributed by atoms with Crippen molar-refractivity contribution in [1.29, 1.82) is 0 Å². The summed E-state index contributed by atoms with van der Waals surface area (Å²) in [5.74, 6) is 0.337. The molecule has 0 aliphatic carbocycles. The summed E-state index contributed by atoms with van der Waals surface area (Å²) < 4.78 is 32.2. The molecular weight excluding hydrogens is 478 g/mol. The maximum absolute atomic E-state index is 13.5. The Balaban J connectivity index is 1.86. The number of carbonyl (C=O) groups excluding carboxylic acids is 2. The van der Waals surface area contributed by atoms with Crippen molar-refractivity contribution in [1.82, 2.24) is 10.2 Å². The van der Waals surface area contributed by atoms with Gasteiger partial charge >= 0.3 is 0 Å². The van der Waals surface area contributed by atoms with Crippen LogP contribution in [-0.2, 0) is 26.2 Å². The number of hydrogen-bond acceptors (Lipinski definition) is 5. The topological polar surface area (TPSA) is 96.0 Å². The summed E-state index contributed by atoms with van der Waals surface area (Å²) in [6.07, 6.45) is 1.04. The maximum Gasteiger partial charge on any atom is 0.244 e. The van der Waals surface area contributed by atoms with Crippen LogP contribution in [0.2, 0.25) is 0 Å². The van der Waals surface area contributed by atoms with Crippen molar-refractivity contribution in [2.75, 3.05) is 24.2 Å². The quantitative estimate of drug-likeness (QED) is 0.450. The third-order valence-corrected chi connectivity index (χ3v) is 6.94. The highest BCUT2D eigenvalue weighted by Crippen LogP contribution is 2.26. The number of para-hydroxylation sites is 1. The van der Waals surface area contributed by atoms with E-state index < -0.39 is 28.5 Å². The summed E-state index contributed by atoms with van der Waals surface area (Å²) in [6.45, 7) is 3.26. The molecule has 0 heterocycles. The molecule has 2 amide bonds. The summed E-state index contributed by atoms with van der Waals surface area (Å²) in [4.78, 5) is 27.3. The van der Waals surface area contributed by atoms with Crippen molar-refractivity contribution in [3.8, 4) is 11.5 Å². The molecule has 3 aromatic rings. The molecule has 36 heavy (non-hydrogen) atoms. The number of likely N-dealkylation sites (N-methyl/N-ethyl adjacent to an activating group) is 1. The first-order chi connectivity index (χ1) is 17.1. The van der Waals surface area contributed by atoms with Crippen LogP contribution in [0.15, 0.2) is 78.9 Å². The van der Waals surface area contributed by atoms with E-state index in [1.165, 1.54) is 11.9 Å². The van der Waals surface area contributed by atoms with Crippen molar-refractivity contribution in [2.24, 2.45) is 0 Å². The summed E-state index contributed by atoms with van der Waals surface area (Å²) in [7, 11) is -2.31. The van der Waals surface area contributed by atoms with Crippen LogP contribution in [0.5, 0.6) is 11.5 Å². The van der Waals surface area contributed by atoms with Crippen LogP contribution in [0.1, 0.15) is 18.1 Å². The van der Waals surface area contributed by atoms with Gasteiger partial charge in [0.15, 0.2) is 0 Å². The predicted octanol–water partition coefficient (Wildman–Crippen LogP) is 3.72. The van der Waals surface area contributed by atoms with Crippen molar-refractivity contribution in [3.63, 3.8) is 0 Å². The van der Waals surface area contributed by atoms with Gasteiger partial charge in [0, 0.05) is 13.6 Å². The fraction of sp³-hybridized carbons (Fsp3) is 0.259. The normalized spacial score (nSPS) is 11.9. The Bertz CT molecular complexity index is 1290. The Morgan fingerprint density at radius 1 is 0.917 bits per heavy atom. The van der Waals surface area contributed by atoms with Crippen LogP contribution in [0.3, 0.4) is 0 Å². The Morgan fingerprint density at radius 2 is 1.50 bits per heavy atom. The minimum atomic E-state index is -3.81. The molecule has 3 rings (SSSR count). The SMILES string of the molecule is CNC(=O)[C@@H](C)N(Cc1ccccc1C)C(=O)CN(c1ccc(Oc2ccccc2)cc1)S(C)(=O)=O. The lowest BCUT2D eigenvalue weighted by atomic mass is 10.1. The van der Waals surface area contributed by atoms with Crippen LogP contribution in [0.4, 0.5) is 5.69 Å². The molecular formula is C27H31N3O5S. The zero-order valence-corrected chi connectivity index (χ0v) is 21.7. The van der Waals surface area contributed by atoms with E-state index in [0.717, 1.165) is 21.7 Å². The van der Waals surface area contributed by atoms with Gasteiger partial charge in [-0.2, -0.15) is 0 Å². The molecule has 0 aliphatic rings. The van der Waals surface area contributed by atoms with Gasteiger partial charge in [0.1, 0.15) is 24.1 Å². The number of carbonyl (C=O) groups is 2. The third kappa shape index (κ3) is 6.85. The van der Waals surface area contributed by atoms with Gasteiger partial charge in [-0.25, -0.2) is 8.42 Å². The standard InChI is InChI=1S/C27H31N3O5S/c1-20-10-8-9-11-22(20)18-29(21(2)27(32)28-3)26(31)19-30(36(4,33)34)23-14-16-25(17-15-23)35-24-12-6-5-7-13-24/h5-17,21H,18-19H2,1-4H3,(H,28,32)/t21-/m1/s1. The lowest BCUT2D eigenvalue weighted by molar-refractivity contribution is -0.139. The predicted molar refractivity (Wildman–Crippen MR) is 140 cm³/mol. The summed E-state index contributed by atoms with van der Waals surface area (Å²) in [5, 5.41) is 2.56. The number of amides is 2. The fourth-order valence-corrected chi connectivity index (χ4v) is 4.53. The van der Waals surface area contributed by atoms with E-state index in [1.54, 1.807) is 31.2 Å². The average molecular weight is 510 g/mol. The number of aryl methyl sites for hydroxylation is 1. The van der Waals surface area contributed by atoms with Crippen LogP contribution in [0.25, 0.3) is 0 Å². The van der Waals surface area contributed by atoms with E-state index in [0.29, 0.717) is 17.2 Å². The van der Waals surface area contributed by atoms with E-state index in [2.05, 4.69) is 5.32 Å². The molecule has 0 saturated carbocycles. The van der Waals surface area contributed by atoms with Gasteiger partial charge in [0.05, 0.1) is 11.9 Å². The van der Waals surface area contributed by atoms with Crippen LogP contribution in [-0.4, -0.2) is 51.0 Å². The first-order valence-corrected chi connectivity index (χ1v) is 13.3. The molecule has 0 bridgehead atoms. The number of benzene rings is 3. The second-order valence-corrected chi connectivity index (χ2v) is 10.3. The van der Waals surface area contributed by atoms with Gasteiger partial charge in [0.2, 0.25) is 21.8 Å². The monoisotopic (exact) mass is 509 g/mol. The largest absolute Gasteiger partial charge is 0.457 e. The molecule has 0 spiro atoms. The lowest BCUT2D eigenvalue weighted by Crippen LogP contribution is -2.50. The van der Waals surface area contributed by atoms with E-state index in [1.807, 2.05) is 61.5 Å². The zero-order chi connectivity index (χ0) is 26.3. The van der Waals surface area contributed by atoms with Gasteiger partial charge in [-0.3, -0.25) is 13.9 Å². The third-order valence-electron chi connectivity index (χ3n) is 5.80. The summed E-state index contributed by atoms with van der Waals surface area (Å²) >= 11 is 0. The molecule has 0 aromatic heterocycles. The molecule has 3 aromatic carbocycles. The van der Waals surface area contributed by atoms with E-state index in [4.69, 9.17) is 4.74 Å². The second-order valence-electron chi connectivity index (χ2n) is 8.42. The Kier molecular flexibility index (Phi) is 8.71. The van der Waals surface area contributed by atoms with Gasteiger partial charge in [-0.1, -0.05) is 42.5 Å². The van der Waals surface area contributed by atoms with Crippen LogP contribution < -0.4 is 14.4 Å². The Morgan fingerprint density at radius 3 is 2.08 bits per heavy atom. The molecule has 0 unspecified atom stereocenters. The first-order valence-electron chi connectivity index (χ1n) is 11.5. The molecule has 1 atom stereocenters. The Labute approximate surface area is 212 Å². The van der Waals surface area contributed by atoms with E-state index in [-0.39, 0.29) is 12.5 Å². The summed E-state index contributed by atoms with van der Waals surface area (Å²) in [6, 6.07) is 22.4. The van der Waals surface area contributed by atoms with Crippen LogP contribution >= 0.6 is 0 Å². The highest BCUT2D eigenvalue weighted by molar-refractivity contribution is 7.92. The number of rotatable bonds is 10.